The average Bonchev–Trinajstić information content (AvgIpc) is 1.35. The second-order valence-corrected chi connectivity index (χ2v) is 1.77. The van der Waals surface area contributed by atoms with Crippen LogP contribution in [-0.2, 0) is 4.79 Å². The molecular formula is C4H10O3. The molecule has 0 radical (unpaired) electrons. The molecule has 3 heteroatoms. The lowest BCUT2D eigenvalue weighted by molar-refractivity contribution is -0.120. The number of carbonyl (C=O) groups excluding carboxylic acids is 1. The van der Waals surface area contributed by atoms with Crippen molar-refractivity contribution >= 4 is 6.29 Å². The highest BCUT2D eigenvalue weighted by atomic mass is 16.3. The Hall–Kier alpha value is -0.410. The number of carbonyl (C=O) groups is 1. The van der Waals surface area contributed by atoms with Crippen LogP contribution in [0.25, 0.3) is 0 Å². The zero-order valence-corrected chi connectivity index (χ0v) is 4.43. The van der Waals surface area contributed by atoms with Crippen molar-refractivity contribution in [3.05, 3.63) is 0 Å². The van der Waals surface area contributed by atoms with Gasteiger partial charge in [0, 0.05) is 0 Å². The van der Waals surface area contributed by atoms with Gasteiger partial charge in [-0.2, -0.15) is 0 Å². The first-order valence-electron chi connectivity index (χ1n) is 1.75. The fourth-order valence-electron chi connectivity index (χ4n) is 0. The average molecular weight is 106 g/mol. The van der Waals surface area contributed by atoms with Crippen LogP contribution >= 0.6 is 0 Å². The molecule has 0 aromatic rings. The van der Waals surface area contributed by atoms with E-state index in [0.29, 0.717) is 6.29 Å². The van der Waals surface area contributed by atoms with Crippen molar-refractivity contribution in [2.75, 3.05) is 0 Å². The molecule has 0 aromatic carbocycles. The second kappa shape index (κ2) is 2.71. The summed E-state index contributed by atoms with van der Waals surface area (Å²) in [6.45, 7) is 2.86. The third-order valence-electron chi connectivity index (χ3n) is 0.288. The van der Waals surface area contributed by atoms with E-state index in [-0.39, 0.29) is 5.48 Å². The van der Waals surface area contributed by atoms with Gasteiger partial charge in [0.2, 0.25) is 0 Å². The molecule has 0 heterocycles. The summed E-state index contributed by atoms with van der Waals surface area (Å²) in [5, 5.41) is 8.46. The van der Waals surface area contributed by atoms with Crippen LogP contribution in [0.1, 0.15) is 13.8 Å². The molecule has 0 aliphatic carbocycles. The lowest BCUT2D eigenvalue weighted by Gasteiger charge is -2.02. The Bertz CT molecular complexity index is 52.4. The smallest absolute Gasteiger partial charge is 0.150 e. The molecule has 0 saturated heterocycles. The van der Waals surface area contributed by atoms with Gasteiger partial charge in [-0.3, -0.25) is 0 Å². The quantitative estimate of drug-likeness (QED) is 0.441. The van der Waals surface area contributed by atoms with E-state index in [1.165, 1.54) is 13.8 Å². The summed E-state index contributed by atoms with van der Waals surface area (Å²) in [5.74, 6) is 0. The zero-order chi connectivity index (χ0) is 5.21. The van der Waals surface area contributed by atoms with Crippen molar-refractivity contribution in [3.8, 4) is 0 Å². The highest BCUT2D eigenvalue weighted by Gasteiger charge is 2.07. The molecule has 0 aliphatic rings. The van der Waals surface area contributed by atoms with Gasteiger partial charge in [-0.25, -0.2) is 0 Å². The van der Waals surface area contributed by atoms with E-state index in [2.05, 4.69) is 0 Å². The molecule has 0 spiro atoms. The van der Waals surface area contributed by atoms with Crippen LogP contribution in [0.3, 0.4) is 0 Å². The summed E-state index contributed by atoms with van der Waals surface area (Å²) < 4.78 is 0. The Balaban J connectivity index is 0. The van der Waals surface area contributed by atoms with Gasteiger partial charge in [0.15, 0.2) is 6.29 Å². The van der Waals surface area contributed by atoms with Crippen molar-refractivity contribution in [3.63, 3.8) is 0 Å². The molecule has 0 unspecified atom stereocenters. The maximum atomic E-state index is 9.58. The summed E-state index contributed by atoms with van der Waals surface area (Å²) >= 11 is 0. The van der Waals surface area contributed by atoms with Crippen LogP contribution in [0.2, 0.25) is 0 Å². The molecule has 7 heavy (non-hydrogen) atoms. The highest BCUT2D eigenvalue weighted by Crippen LogP contribution is 1.91. The Morgan fingerprint density at radius 3 is 1.71 bits per heavy atom. The maximum Gasteiger partial charge on any atom is 0.150 e. The Morgan fingerprint density at radius 2 is 1.71 bits per heavy atom. The van der Waals surface area contributed by atoms with Crippen LogP contribution in [0, 0.1) is 0 Å². The number of hydrogen-bond donors (Lipinski definition) is 1. The van der Waals surface area contributed by atoms with Crippen LogP contribution < -0.4 is 0 Å². The first-order chi connectivity index (χ1) is 2.56. The summed E-state index contributed by atoms with van der Waals surface area (Å²) in [6.07, 6.45) is 0.493. The van der Waals surface area contributed by atoms with Gasteiger partial charge < -0.3 is 15.4 Å². The van der Waals surface area contributed by atoms with Gasteiger partial charge in [0.1, 0.15) is 5.60 Å². The van der Waals surface area contributed by atoms with Gasteiger partial charge in [-0.05, 0) is 13.8 Å². The Morgan fingerprint density at radius 1 is 1.57 bits per heavy atom. The maximum absolute atomic E-state index is 9.58. The van der Waals surface area contributed by atoms with Gasteiger partial charge in [0.05, 0.1) is 0 Å². The van der Waals surface area contributed by atoms with E-state index >= 15 is 0 Å². The largest absolute Gasteiger partial charge is 0.412 e. The molecule has 0 rings (SSSR count). The zero-order valence-electron chi connectivity index (χ0n) is 4.43. The topological polar surface area (TPSA) is 68.8 Å². The molecule has 3 nitrogen and oxygen atoms in total. The van der Waals surface area contributed by atoms with Gasteiger partial charge in [0.25, 0.3) is 0 Å². The van der Waals surface area contributed by atoms with Crippen molar-refractivity contribution in [1.82, 2.24) is 0 Å². The highest BCUT2D eigenvalue weighted by molar-refractivity contribution is 5.60. The SMILES string of the molecule is CC(C)(O)C=O.O. The van der Waals surface area contributed by atoms with E-state index < -0.39 is 5.60 Å². The molecule has 0 atom stereocenters. The standard InChI is InChI=1S/C4H8O2.H2O/c1-4(2,6)3-5;/h3,6H,1-2H3;1H2. The van der Waals surface area contributed by atoms with Crippen LogP contribution in [0.4, 0.5) is 0 Å². The molecule has 44 valence electrons. The minimum atomic E-state index is -1.14. The fraction of sp³-hybridized carbons (Fsp3) is 0.750. The predicted molar refractivity (Wildman–Crippen MR) is 26.0 cm³/mol. The van der Waals surface area contributed by atoms with E-state index in [0.717, 1.165) is 0 Å². The van der Waals surface area contributed by atoms with Crippen molar-refractivity contribution in [2.45, 2.75) is 19.4 Å². The lowest BCUT2D eigenvalue weighted by atomic mass is 10.2. The van der Waals surface area contributed by atoms with Gasteiger partial charge in [-0.1, -0.05) is 0 Å². The minimum absolute atomic E-state index is 0. The van der Waals surface area contributed by atoms with E-state index in [9.17, 15) is 4.79 Å². The van der Waals surface area contributed by atoms with Gasteiger partial charge in [-0.15, -0.1) is 0 Å². The minimum Gasteiger partial charge on any atom is -0.412 e. The number of hydrogen-bond acceptors (Lipinski definition) is 2. The summed E-state index contributed by atoms with van der Waals surface area (Å²) in [6, 6.07) is 0. The fourth-order valence-corrected chi connectivity index (χ4v) is 0. The molecule has 0 amide bonds. The lowest BCUT2D eigenvalue weighted by Crippen LogP contribution is -2.19. The van der Waals surface area contributed by atoms with E-state index in [1.54, 1.807) is 0 Å². The summed E-state index contributed by atoms with van der Waals surface area (Å²) in [5.41, 5.74) is -1.14. The first-order valence-corrected chi connectivity index (χ1v) is 1.75. The summed E-state index contributed by atoms with van der Waals surface area (Å²) in [7, 11) is 0. The predicted octanol–water partition coefficient (Wildman–Crippen LogP) is -0.869. The molecule has 0 aliphatic heterocycles. The Kier molecular flexibility index (Phi) is 3.79. The Labute approximate surface area is 42.3 Å². The van der Waals surface area contributed by atoms with E-state index in [4.69, 9.17) is 5.11 Å². The van der Waals surface area contributed by atoms with Gasteiger partial charge >= 0.3 is 0 Å². The summed E-state index contributed by atoms with van der Waals surface area (Å²) in [4.78, 5) is 9.58. The van der Waals surface area contributed by atoms with Crippen molar-refractivity contribution in [1.29, 1.82) is 0 Å². The number of rotatable bonds is 1. The van der Waals surface area contributed by atoms with Crippen molar-refractivity contribution in [2.24, 2.45) is 0 Å². The molecule has 0 saturated carbocycles. The monoisotopic (exact) mass is 106 g/mol. The van der Waals surface area contributed by atoms with Crippen LogP contribution in [0.5, 0.6) is 0 Å². The number of aliphatic hydroxyl groups is 1. The third kappa shape index (κ3) is 10.7. The normalized spacial score (nSPS) is 9.57. The van der Waals surface area contributed by atoms with Crippen LogP contribution in [0.15, 0.2) is 0 Å². The van der Waals surface area contributed by atoms with Crippen molar-refractivity contribution < 1.29 is 15.4 Å². The molecular weight excluding hydrogens is 96.0 g/mol. The first kappa shape index (κ1) is 9.77. The molecule has 0 aromatic heterocycles. The van der Waals surface area contributed by atoms with Crippen LogP contribution in [-0.4, -0.2) is 22.5 Å². The molecule has 0 fully saturated rings. The molecule has 3 N–H and O–H groups in total. The third-order valence-corrected chi connectivity index (χ3v) is 0.288. The van der Waals surface area contributed by atoms with E-state index in [1.807, 2.05) is 0 Å². The number of aldehydes is 1. The second-order valence-electron chi connectivity index (χ2n) is 1.77. The molecule has 0 bridgehead atoms.